The van der Waals surface area contributed by atoms with Crippen molar-refractivity contribution in [1.29, 1.82) is 0 Å². The molecule has 6 heteroatoms. The first kappa shape index (κ1) is 16.8. The summed E-state index contributed by atoms with van der Waals surface area (Å²) in [5, 5.41) is 19.1. The molecule has 1 fully saturated rings. The lowest BCUT2D eigenvalue weighted by atomic mass is 9.96. The summed E-state index contributed by atoms with van der Waals surface area (Å²) < 4.78 is 0. The van der Waals surface area contributed by atoms with Crippen molar-refractivity contribution < 1.29 is 9.90 Å². The number of para-hydroxylation sites is 1. The van der Waals surface area contributed by atoms with Gasteiger partial charge in [-0.3, -0.25) is 0 Å². The van der Waals surface area contributed by atoms with E-state index in [1.54, 1.807) is 0 Å². The number of fused-ring (bicyclic) bond motifs is 1. The minimum absolute atomic E-state index is 0.318. The van der Waals surface area contributed by atoms with Gasteiger partial charge in [-0.2, -0.15) is 0 Å². The van der Waals surface area contributed by atoms with E-state index in [9.17, 15) is 9.90 Å². The lowest BCUT2D eigenvalue weighted by Gasteiger charge is -2.27. The van der Waals surface area contributed by atoms with Crippen molar-refractivity contribution in [3.8, 4) is 0 Å². The number of aromatic amines is 1. The molecule has 0 aliphatic heterocycles. The van der Waals surface area contributed by atoms with Gasteiger partial charge in [0.25, 0.3) is 0 Å². The first-order chi connectivity index (χ1) is 11.6. The van der Waals surface area contributed by atoms with Crippen LogP contribution in [0.3, 0.4) is 0 Å². The molecule has 5 nitrogen and oxygen atoms in total. The Hall–Kier alpha value is -2.08. The van der Waals surface area contributed by atoms with Crippen LogP contribution in [0.15, 0.2) is 30.5 Å². The summed E-state index contributed by atoms with van der Waals surface area (Å²) in [5.41, 5.74) is 1.93. The van der Waals surface area contributed by atoms with Gasteiger partial charge >= 0.3 is 0 Å². The van der Waals surface area contributed by atoms with Gasteiger partial charge in [0.2, 0.25) is 0 Å². The minimum atomic E-state index is -1.15. The van der Waals surface area contributed by atoms with E-state index in [2.05, 4.69) is 15.6 Å². The molecule has 0 amide bonds. The van der Waals surface area contributed by atoms with Gasteiger partial charge < -0.3 is 25.5 Å². The Balaban J connectivity index is 1.64. The van der Waals surface area contributed by atoms with Crippen LogP contribution in [-0.4, -0.2) is 28.1 Å². The second-order valence-electron chi connectivity index (χ2n) is 6.39. The van der Waals surface area contributed by atoms with Crippen LogP contribution < -0.4 is 15.7 Å². The van der Waals surface area contributed by atoms with Gasteiger partial charge in [0.15, 0.2) is 5.11 Å². The molecule has 3 rings (SSSR count). The van der Waals surface area contributed by atoms with E-state index in [0.29, 0.717) is 17.6 Å². The zero-order valence-electron chi connectivity index (χ0n) is 13.5. The van der Waals surface area contributed by atoms with E-state index in [1.165, 1.54) is 19.3 Å². The highest BCUT2D eigenvalue weighted by atomic mass is 32.1. The first-order valence-electron chi connectivity index (χ1n) is 8.46. The zero-order valence-corrected chi connectivity index (χ0v) is 14.3. The maximum absolute atomic E-state index is 11.5. The second-order valence-corrected chi connectivity index (χ2v) is 6.80. The fourth-order valence-corrected chi connectivity index (χ4v) is 3.65. The molecule has 2 aromatic rings. The third kappa shape index (κ3) is 4.06. The number of carboxylic acid groups (broad SMARTS) is 1. The van der Waals surface area contributed by atoms with Crippen LogP contribution in [0.1, 0.15) is 37.7 Å². The Morgan fingerprint density at radius 3 is 2.79 bits per heavy atom. The first-order valence-corrected chi connectivity index (χ1v) is 8.87. The number of H-pyrrole nitrogens is 1. The number of carbonyl (C=O) groups is 1. The summed E-state index contributed by atoms with van der Waals surface area (Å²) in [5.74, 6) is -1.15. The topological polar surface area (TPSA) is 80.0 Å². The van der Waals surface area contributed by atoms with Crippen molar-refractivity contribution in [1.82, 2.24) is 15.6 Å². The molecule has 128 valence electrons. The number of aromatic nitrogens is 1. The largest absolute Gasteiger partial charge is 0.548 e. The maximum Gasteiger partial charge on any atom is 0.167 e. The molecule has 0 spiro atoms. The quantitative estimate of drug-likeness (QED) is 0.719. The fraction of sp³-hybridized carbons (Fsp3) is 0.444. The average molecular weight is 344 g/mol. The van der Waals surface area contributed by atoms with Gasteiger partial charge in [-0.1, -0.05) is 37.5 Å². The average Bonchev–Trinajstić information content (AvgIpc) is 2.98. The molecule has 3 N–H and O–H groups in total. The molecule has 24 heavy (non-hydrogen) atoms. The van der Waals surface area contributed by atoms with Crippen LogP contribution >= 0.6 is 12.2 Å². The number of carbonyl (C=O) groups excluding carboxylic acids is 1. The van der Waals surface area contributed by atoms with E-state index in [-0.39, 0.29) is 0 Å². The summed E-state index contributed by atoms with van der Waals surface area (Å²) in [4.78, 5) is 14.7. The molecule has 0 unspecified atom stereocenters. The summed E-state index contributed by atoms with van der Waals surface area (Å²) in [6.07, 6.45) is 7.99. The van der Waals surface area contributed by atoms with Gasteiger partial charge in [0, 0.05) is 29.6 Å². The number of carboxylic acids is 1. The number of benzene rings is 1. The summed E-state index contributed by atoms with van der Waals surface area (Å²) >= 11 is 5.30. The number of aliphatic carboxylic acids is 1. The lowest BCUT2D eigenvalue weighted by Crippen LogP contribution is -2.53. The number of hydrogen-bond acceptors (Lipinski definition) is 3. The fourth-order valence-electron chi connectivity index (χ4n) is 3.35. The lowest BCUT2D eigenvalue weighted by molar-refractivity contribution is -0.308. The predicted molar refractivity (Wildman–Crippen MR) is 96.5 cm³/mol. The Morgan fingerprint density at radius 1 is 1.29 bits per heavy atom. The molecular weight excluding hydrogens is 322 g/mol. The molecule has 0 saturated heterocycles. The zero-order chi connectivity index (χ0) is 16.9. The van der Waals surface area contributed by atoms with Gasteiger partial charge in [-0.15, -0.1) is 0 Å². The molecule has 1 aromatic heterocycles. The molecule has 1 aliphatic carbocycles. The van der Waals surface area contributed by atoms with Crippen molar-refractivity contribution in [2.24, 2.45) is 0 Å². The Labute approximate surface area is 146 Å². The molecular formula is C18H22N3O2S-. The van der Waals surface area contributed by atoms with Gasteiger partial charge in [-0.25, -0.2) is 0 Å². The van der Waals surface area contributed by atoms with Crippen molar-refractivity contribution in [2.75, 3.05) is 0 Å². The van der Waals surface area contributed by atoms with Crippen molar-refractivity contribution in [2.45, 2.75) is 50.6 Å². The monoisotopic (exact) mass is 344 g/mol. The van der Waals surface area contributed by atoms with E-state index >= 15 is 0 Å². The Morgan fingerprint density at radius 2 is 2.04 bits per heavy atom. The van der Waals surface area contributed by atoms with Gasteiger partial charge in [-0.05, 0) is 36.7 Å². The van der Waals surface area contributed by atoms with Crippen LogP contribution in [0.4, 0.5) is 0 Å². The molecule has 1 saturated carbocycles. The van der Waals surface area contributed by atoms with Gasteiger partial charge in [0.1, 0.15) is 0 Å². The SMILES string of the molecule is O=C([O-])[C@H](Cc1c[nH]c2ccccc12)NC(=S)NC1CCCCC1. The minimum Gasteiger partial charge on any atom is -0.548 e. The van der Waals surface area contributed by atoms with Crippen molar-refractivity contribution in [3.63, 3.8) is 0 Å². The number of thiocarbonyl (C=S) groups is 1. The Bertz CT molecular complexity index is 722. The molecule has 1 aromatic carbocycles. The summed E-state index contributed by atoms with van der Waals surface area (Å²) in [6.45, 7) is 0. The normalized spacial score (nSPS) is 16.7. The number of hydrogen-bond donors (Lipinski definition) is 3. The molecule has 1 aliphatic rings. The molecule has 1 atom stereocenters. The molecule has 0 radical (unpaired) electrons. The van der Waals surface area contributed by atoms with Crippen LogP contribution in [0, 0.1) is 0 Å². The number of rotatable bonds is 5. The third-order valence-corrected chi connectivity index (χ3v) is 4.86. The maximum atomic E-state index is 11.5. The Kier molecular flexibility index (Phi) is 5.35. The van der Waals surface area contributed by atoms with Crippen LogP contribution in [0.5, 0.6) is 0 Å². The molecule has 0 bridgehead atoms. The van der Waals surface area contributed by atoms with E-state index in [4.69, 9.17) is 12.2 Å². The third-order valence-electron chi connectivity index (χ3n) is 4.63. The van der Waals surface area contributed by atoms with Crippen molar-refractivity contribution in [3.05, 3.63) is 36.0 Å². The highest BCUT2D eigenvalue weighted by molar-refractivity contribution is 7.80. The second kappa shape index (κ2) is 7.66. The molecule has 1 heterocycles. The summed E-state index contributed by atoms with van der Waals surface area (Å²) in [7, 11) is 0. The highest BCUT2D eigenvalue weighted by Crippen LogP contribution is 2.19. The van der Waals surface area contributed by atoms with E-state index in [0.717, 1.165) is 29.3 Å². The highest BCUT2D eigenvalue weighted by Gasteiger charge is 2.18. The van der Waals surface area contributed by atoms with Crippen LogP contribution in [0.25, 0.3) is 10.9 Å². The summed E-state index contributed by atoms with van der Waals surface area (Å²) in [6, 6.07) is 7.32. The predicted octanol–water partition coefficient (Wildman–Crippen LogP) is 1.63. The van der Waals surface area contributed by atoms with Crippen molar-refractivity contribution >= 4 is 34.2 Å². The number of nitrogens with one attached hydrogen (secondary N) is 3. The van der Waals surface area contributed by atoms with Crippen LogP contribution in [-0.2, 0) is 11.2 Å². The standard InChI is InChI=1S/C18H23N3O2S/c22-17(23)16(21-18(24)20-13-6-2-1-3-7-13)10-12-11-19-15-9-5-4-8-14(12)15/h4-5,8-9,11,13,16,19H,1-3,6-7,10H2,(H,22,23)(H2,20,21,24)/p-1/t16-/m0/s1. The van der Waals surface area contributed by atoms with Gasteiger partial charge in [0.05, 0.1) is 12.0 Å². The van der Waals surface area contributed by atoms with E-state index < -0.39 is 12.0 Å². The van der Waals surface area contributed by atoms with E-state index in [1.807, 2.05) is 30.5 Å². The van der Waals surface area contributed by atoms with Crippen LogP contribution in [0.2, 0.25) is 0 Å². The smallest absolute Gasteiger partial charge is 0.167 e.